The number of phenols is 1. The zero-order valence-corrected chi connectivity index (χ0v) is 17.1. The summed E-state index contributed by atoms with van der Waals surface area (Å²) in [7, 11) is 0. The van der Waals surface area contributed by atoms with Gasteiger partial charge in [-0.2, -0.15) is 0 Å². The maximum Gasteiger partial charge on any atom is 0.320 e. The highest BCUT2D eigenvalue weighted by Gasteiger charge is 2.37. The van der Waals surface area contributed by atoms with E-state index in [1.807, 2.05) is 20.8 Å². The Morgan fingerprint density at radius 1 is 1.21 bits per heavy atom. The number of nitrogens with one attached hydrogen (secondary N) is 3. The van der Waals surface area contributed by atoms with E-state index in [4.69, 9.17) is 5.21 Å². The molecule has 2 rings (SSSR count). The molecule has 0 aromatic heterocycles. The molecule has 0 saturated heterocycles. The van der Waals surface area contributed by atoms with Crippen molar-refractivity contribution in [2.45, 2.75) is 46.1 Å². The molecule has 9 heteroatoms. The maximum absolute atomic E-state index is 13.2. The highest BCUT2D eigenvalue weighted by Crippen LogP contribution is 2.29. The van der Waals surface area contributed by atoms with E-state index in [9.17, 15) is 19.5 Å². The maximum atomic E-state index is 13.2. The van der Waals surface area contributed by atoms with Crippen LogP contribution in [0, 0.1) is 11.3 Å². The highest BCUT2D eigenvalue weighted by atomic mass is 16.5. The van der Waals surface area contributed by atoms with Crippen LogP contribution in [-0.4, -0.2) is 52.2 Å². The van der Waals surface area contributed by atoms with Crippen molar-refractivity contribution in [2.24, 2.45) is 11.3 Å². The highest BCUT2D eigenvalue weighted by molar-refractivity contribution is 5.95. The number of para-hydroxylation sites is 2. The van der Waals surface area contributed by atoms with Gasteiger partial charge in [0.1, 0.15) is 18.3 Å². The van der Waals surface area contributed by atoms with E-state index in [1.54, 1.807) is 17.6 Å². The van der Waals surface area contributed by atoms with Gasteiger partial charge in [-0.15, -0.1) is 0 Å². The van der Waals surface area contributed by atoms with Crippen molar-refractivity contribution in [1.29, 1.82) is 0 Å². The number of carbonyl (C=O) groups is 3. The largest absolute Gasteiger partial charge is 0.506 e. The number of hydroxylamine groups is 1. The molecule has 160 valence electrons. The van der Waals surface area contributed by atoms with Gasteiger partial charge in [0.05, 0.1) is 5.69 Å². The lowest BCUT2D eigenvalue weighted by molar-refractivity contribution is -0.143. The smallest absolute Gasteiger partial charge is 0.320 e. The first-order chi connectivity index (χ1) is 13.6. The van der Waals surface area contributed by atoms with Crippen molar-refractivity contribution in [1.82, 2.24) is 15.7 Å². The third kappa shape index (κ3) is 6.35. The van der Waals surface area contributed by atoms with Gasteiger partial charge < -0.3 is 20.6 Å². The fourth-order valence-corrected chi connectivity index (χ4v) is 3.13. The number of phenolic OH excluding ortho intramolecular Hbond substituents is 1. The minimum Gasteiger partial charge on any atom is -0.506 e. The van der Waals surface area contributed by atoms with Crippen molar-refractivity contribution < 1.29 is 24.7 Å². The van der Waals surface area contributed by atoms with Crippen molar-refractivity contribution in [2.75, 3.05) is 18.4 Å². The molecule has 0 spiro atoms. The summed E-state index contributed by atoms with van der Waals surface area (Å²) in [5.74, 6) is -0.877. The van der Waals surface area contributed by atoms with Gasteiger partial charge in [0.25, 0.3) is 5.91 Å². The van der Waals surface area contributed by atoms with Crippen LogP contribution in [-0.2, 0) is 9.59 Å². The average molecular weight is 406 g/mol. The van der Waals surface area contributed by atoms with E-state index >= 15 is 0 Å². The Kier molecular flexibility index (Phi) is 7.44. The molecule has 1 aliphatic rings. The number of nitrogens with zero attached hydrogens (tertiary/aromatic N) is 1. The second kappa shape index (κ2) is 9.60. The first kappa shape index (κ1) is 22.5. The molecule has 1 aliphatic carbocycles. The van der Waals surface area contributed by atoms with Crippen LogP contribution in [0.4, 0.5) is 10.5 Å². The summed E-state index contributed by atoms with van der Waals surface area (Å²) in [5, 5.41) is 23.9. The van der Waals surface area contributed by atoms with Gasteiger partial charge in [-0.25, -0.2) is 10.3 Å². The third-order valence-corrected chi connectivity index (χ3v) is 5.01. The predicted octanol–water partition coefficient (Wildman–Crippen LogP) is 2.06. The molecule has 1 aromatic rings. The SMILES string of the molecule is CC(C)(C)[C@H](NC(=O)Nc1ccccc1O)C(=O)N(CC(=O)NO)CC1CCC1. The molecular formula is C20H30N4O5. The zero-order chi connectivity index (χ0) is 21.6. The second-order valence-electron chi connectivity index (χ2n) is 8.47. The Bertz CT molecular complexity index is 743. The Morgan fingerprint density at radius 3 is 2.38 bits per heavy atom. The Morgan fingerprint density at radius 2 is 1.86 bits per heavy atom. The average Bonchev–Trinajstić information content (AvgIpc) is 2.61. The lowest BCUT2D eigenvalue weighted by atomic mass is 9.83. The standard InChI is InChI=1S/C20H30N4O5/c1-20(2,3)17(22-19(28)21-14-9-4-5-10-15(14)25)18(27)24(12-16(26)23-29)11-13-7-6-8-13/h4-5,9-10,13,17,25,29H,6-8,11-12H2,1-3H3,(H,23,26)(H2,21,22,28)/t17-/m1/s1. The molecule has 0 unspecified atom stereocenters. The summed E-state index contributed by atoms with van der Waals surface area (Å²) in [6.45, 7) is 5.53. The lowest BCUT2D eigenvalue weighted by Crippen LogP contribution is -2.57. The fraction of sp³-hybridized carbons (Fsp3) is 0.550. The predicted molar refractivity (Wildman–Crippen MR) is 107 cm³/mol. The van der Waals surface area contributed by atoms with Gasteiger partial charge in [-0.3, -0.25) is 14.8 Å². The normalized spacial score (nSPS) is 15.0. The number of urea groups is 1. The van der Waals surface area contributed by atoms with E-state index in [0.717, 1.165) is 19.3 Å². The summed E-state index contributed by atoms with van der Waals surface area (Å²) < 4.78 is 0. The van der Waals surface area contributed by atoms with Gasteiger partial charge in [0.15, 0.2) is 0 Å². The fourth-order valence-electron chi connectivity index (χ4n) is 3.13. The molecule has 0 radical (unpaired) electrons. The number of hydrogen-bond donors (Lipinski definition) is 5. The zero-order valence-electron chi connectivity index (χ0n) is 17.1. The molecule has 0 aliphatic heterocycles. The molecule has 4 amide bonds. The van der Waals surface area contributed by atoms with Crippen molar-refractivity contribution in [3.63, 3.8) is 0 Å². The summed E-state index contributed by atoms with van der Waals surface area (Å²) >= 11 is 0. The van der Waals surface area contributed by atoms with Crippen LogP contribution in [0.1, 0.15) is 40.0 Å². The monoisotopic (exact) mass is 406 g/mol. The number of amides is 4. The van der Waals surface area contributed by atoms with Crippen LogP contribution < -0.4 is 16.1 Å². The molecule has 1 fully saturated rings. The molecule has 1 saturated carbocycles. The van der Waals surface area contributed by atoms with Crippen LogP contribution in [0.5, 0.6) is 5.75 Å². The number of anilines is 1. The topological polar surface area (TPSA) is 131 Å². The molecule has 1 atom stereocenters. The van der Waals surface area contributed by atoms with Crippen LogP contribution in [0.2, 0.25) is 0 Å². The quantitative estimate of drug-likeness (QED) is 0.269. The lowest BCUT2D eigenvalue weighted by Gasteiger charge is -2.37. The Labute approximate surface area is 170 Å². The first-order valence-electron chi connectivity index (χ1n) is 9.69. The van der Waals surface area contributed by atoms with E-state index in [1.165, 1.54) is 17.0 Å². The van der Waals surface area contributed by atoms with Crippen LogP contribution >= 0.6 is 0 Å². The first-order valence-corrected chi connectivity index (χ1v) is 9.69. The number of hydrogen-bond acceptors (Lipinski definition) is 5. The number of carbonyl (C=O) groups excluding carboxylic acids is 3. The molecule has 0 heterocycles. The van der Waals surface area contributed by atoms with Crippen molar-refractivity contribution in [3.05, 3.63) is 24.3 Å². The summed E-state index contributed by atoms with van der Waals surface area (Å²) in [5.41, 5.74) is 1.14. The van der Waals surface area contributed by atoms with E-state index in [0.29, 0.717) is 12.5 Å². The van der Waals surface area contributed by atoms with Gasteiger partial charge in [0, 0.05) is 6.54 Å². The minimum atomic E-state index is -0.917. The van der Waals surface area contributed by atoms with Crippen LogP contribution in [0.25, 0.3) is 0 Å². The van der Waals surface area contributed by atoms with Gasteiger partial charge >= 0.3 is 6.03 Å². The number of aromatic hydroxyl groups is 1. The van der Waals surface area contributed by atoms with Crippen LogP contribution in [0.15, 0.2) is 24.3 Å². The molecule has 29 heavy (non-hydrogen) atoms. The van der Waals surface area contributed by atoms with E-state index in [-0.39, 0.29) is 18.0 Å². The van der Waals surface area contributed by atoms with Gasteiger partial charge in [-0.05, 0) is 36.3 Å². The molecule has 1 aromatic carbocycles. The number of rotatable bonds is 7. The Hall–Kier alpha value is -2.81. The minimum absolute atomic E-state index is 0.0903. The number of benzene rings is 1. The van der Waals surface area contributed by atoms with E-state index < -0.39 is 29.3 Å². The summed E-state index contributed by atoms with van der Waals surface area (Å²) in [4.78, 5) is 38.8. The molecule has 0 bridgehead atoms. The third-order valence-electron chi connectivity index (χ3n) is 5.01. The van der Waals surface area contributed by atoms with Crippen molar-refractivity contribution >= 4 is 23.5 Å². The van der Waals surface area contributed by atoms with E-state index in [2.05, 4.69) is 10.6 Å². The Balaban J connectivity index is 2.15. The molecule has 9 nitrogen and oxygen atoms in total. The summed E-state index contributed by atoms with van der Waals surface area (Å²) in [6.07, 6.45) is 3.04. The molecular weight excluding hydrogens is 376 g/mol. The van der Waals surface area contributed by atoms with Crippen molar-refractivity contribution in [3.8, 4) is 5.75 Å². The van der Waals surface area contributed by atoms with Crippen LogP contribution in [0.3, 0.4) is 0 Å². The van der Waals surface area contributed by atoms with Gasteiger partial charge in [0.2, 0.25) is 5.91 Å². The van der Waals surface area contributed by atoms with Gasteiger partial charge in [-0.1, -0.05) is 39.3 Å². The molecule has 5 N–H and O–H groups in total. The second-order valence-corrected chi connectivity index (χ2v) is 8.47. The summed E-state index contributed by atoms with van der Waals surface area (Å²) in [6, 6.07) is 4.71.